The monoisotopic (exact) mass is 384 g/mol. The molecule has 1 aliphatic carbocycles. The van der Waals surface area contributed by atoms with Crippen LogP contribution in [0.15, 0.2) is 29.4 Å². The molecule has 148 valence electrons. The molecule has 1 aliphatic heterocycles. The number of hydrogen-bond acceptors (Lipinski definition) is 4. The van der Waals surface area contributed by atoms with Crippen LogP contribution in [0, 0.1) is 12.8 Å². The van der Waals surface area contributed by atoms with Crippen LogP contribution < -0.4 is 4.74 Å². The van der Waals surface area contributed by atoms with Crippen molar-refractivity contribution in [3.63, 3.8) is 0 Å². The Kier molecular flexibility index (Phi) is 5.46. The zero-order valence-corrected chi connectivity index (χ0v) is 15.1. The third kappa shape index (κ3) is 4.10. The van der Waals surface area contributed by atoms with Gasteiger partial charge in [-0.15, -0.1) is 0 Å². The Morgan fingerprint density at radius 1 is 1.26 bits per heavy atom. The fourth-order valence-electron chi connectivity index (χ4n) is 3.56. The SMILES string of the molecule is Cc1ccc(OCC(=O)N2N=C(C3CCCCC3)C[C@]2(O)C(F)(F)F)cc1. The number of alkyl halides is 3. The summed E-state index contributed by atoms with van der Waals surface area (Å²) in [6.07, 6.45) is -1.37. The van der Waals surface area contributed by atoms with Crippen molar-refractivity contribution in [2.75, 3.05) is 6.61 Å². The highest BCUT2D eigenvalue weighted by molar-refractivity contribution is 5.92. The normalized spacial score (nSPS) is 24.0. The third-order valence-corrected chi connectivity index (χ3v) is 5.16. The molecule has 2 aliphatic rings. The van der Waals surface area contributed by atoms with E-state index in [4.69, 9.17) is 4.74 Å². The van der Waals surface area contributed by atoms with Crippen LogP contribution in [0.5, 0.6) is 5.75 Å². The first kappa shape index (κ1) is 19.7. The molecule has 0 bridgehead atoms. The van der Waals surface area contributed by atoms with E-state index < -0.39 is 30.8 Å². The minimum absolute atomic E-state index is 0.122. The van der Waals surface area contributed by atoms with Gasteiger partial charge in [-0.1, -0.05) is 37.0 Å². The van der Waals surface area contributed by atoms with Gasteiger partial charge < -0.3 is 9.84 Å². The lowest BCUT2D eigenvalue weighted by molar-refractivity contribution is -0.302. The van der Waals surface area contributed by atoms with Gasteiger partial charge in [-0.05, 0) is 37.8 Å². The quantitative estimate of drug-likeness (QED) is 0.859. The second kappa shape index (κ2) is 7.50. The molecule has 0 spiro atoms. The predicted octanol–water partition coefficient (Wildman–Crippen LogP) is 3.79. The maximum atomic E-state index is 13.5. The molecular weight excluding hydrogens is 361 g/mol. The number of halogens is 3. The van der Waals surface area contributed by atoms with Gasteiger partial charge in [-0.3, -0.25) is 4.79 Å². The number of hydrazone groups is 1. The number of hydrogen-bond donors (Lipinski definition) is 1. The van der Waals surface area contributed by atoms with Gasteiger partial charge >= 0.3 is 6.18 Å². The lowest BCUT2D eigenvalue weighted by Gasteiger charge is -2.32. The summed E-state index contributed by atoms with van der Waals surface area (Å²) in [6.45, 7) is 1.24. The molecule has 27 heavy (non-hydrogen) atoms. The largest absolute Gasteiger partial charge is 0.484 e. The summed E-state index contributed by atoms with van der Waals surface area (Å²) in [7, 11) is 0. The lowest BCUT2D eigenvalue weighted by atomic mass is 9.83. The van der Waals surface area contributed by atoms with Crippen molar-refractivity contribution in [3.8, 4) is 5.75 Å². The van der Waals surface area contributed by atoms with E-state index in [1.807, 2.05) is 6.92 Å². The summed E-state index contributed by atoms with van der Waals surface area (Å²) >= 11 is 0. The highest BCUT2D eigenvalue weighted by Gasteiger charge is 2.63. The first-order valence-electron chi connectivity index (χ1n) is 9.10. The molecule has 0 aromatic heterocycles. The second-order valence-corrected chi connectivity index (χ2v) is 7.22. The van der Waals surface area contributed by atoms with E-state index in [1.54, 1.807) is 24.3 Å². The number of carbonyl (C=O) groups is 1. The highest BCUT2D eigenvalue weighted by Crippen LogP contribution is 2.43. The molecule has 1 heterocycles. The number of aryl methyl sites for hydroxylation is 1. The molecule has 1 amide bonds. The van der Waals surface area contributed by atoms with Gasteiger partial charge in [-0.25, -0.2) is 0 Å². The third-order valence-electron chi connectivity index (χ3n) is 5.16. The number of rotatable bonds is 4. The van der Waals surface area contributed by atoms with Crippen LogP contribution in [0.4, 0.5) is 13.2 Å². The van der Waals surface area contributed by atoms with E-state index in [1.165, 1.54) is 0 Å². The van der Waals surface area contributed by atoms with Crippen LogP contribution in [0.1, 0.15) is 44.1 Å². The molecule has 1 N–H and O–H groups in total. The van der Waals surface area contributed by atoms with Gasteiger partial charge in [-0.2, -0.15) is 23.3 Å². The number of aliphatic hydroxyl groups is 1. The van der Waals surface area contributed by atoms with Gasteiger partial charge in [0, 0.05) is 12.1 Å². The first-order chi connectivity index (χ1) is 12.7. The summed E-state index contributed by atoms with van der Waals surface area (Å²) in [6, 6.07) is 6.78. The number of amides is 1. The molecule has 1 aromatic rings. The van der Waals surface area contributed by atoms with Gasteiger partial charge in [0.2, 0.25) is 0 Å². The van der Waals surface area contributed by atoms with Crippen LogP contribution >= 0.6 is 0 Å². The molecule has 1 saturated carbocycles. The van der Waals surface area contributed by atoms with Gasteiger partial charge in [0.05, 0.1) is 0 Å². The molecule has 5 nitrogen and oxygen atoms in total. The summed E-state index contributed by atoms with van der Waals surface area (Å²) < 4.78 is 45.9. The fraction of sp³-hybridized carbons (Fsp3) is 0.579. The molecule has 3 rings (SSSR count). The minimum Gasteiger partial charge on any atom is -0.484 e. The van der Waals surface area contributed by atoms with Crippen molar-refractivity contribution in [1.29, 1.82) is 0 Å². The lowest BCUT2D eigenvalue weighted by Crippen LogP contribution is -2.57. The number of nitrogens with zero attached hydrogens (tertiary/aromatic N) is 2. The Morgan fingerprint density at radius 2 is 1.89 bits per heavy atom. The maximum absolute atomic E-state index is 13.5. The topological polar surface area (TPSA) is 62.1 Å². The highest BCUT2D eigenvalue weighted by atomic mass is 19.4. The van der Waals surface area contributed by atoms with Crippen LogP contribution in [-0.4, -0.2) is 40.2 Å². The molecule has 1 atom stereocenters. The van der Waals surface area contributed by atoms with Gasteiger partial charge in [0.15, 0.2) is 6.61 Å². The van der Waals surface area contributed by atoms with Crippen molar-refractivity contribution < 1.29 is 27.8 Å². The van der Waals surface area contributed by atoms with Crippen molar-refractivity contribution >= 4 is 11.6 Å². The summed E-state index contributed by atoms with van der Waals surface area (Å²) in [4.78, 5) is 12.4. The Hall–Kier alpha value is -2.09. The predicted molar refractivity (Wildman–Crippen MR) is 93.2 cm³/mol. The zero-order valence-electron chi connectivity index (χ0n) is 15.1. The standard InChI is InChI=1S/C19H23F3N2O3/c1-13-7-9-15(10-8-13)27-12-17(25)24-18(26,19(20,21)22)11-16(23-24)14-5-3-2-4-6-14/h7-10,14,26H,2-6,11-12H2,1H3/t18-/m0/s1. The number of benzene rings is 1. The Morgan fingerprint density at radius 3 is 2.48 bits per heavy atom. The van der Waals surface area contributed by atoms with E-state index in [0.29, 0.717) is 5.75 Å². The molecule has 0 radical (unpaired) electrons. The van der Waals surface area contributed by atoms with E-state index in [-0.39, 0.29) is 16.6 Å². The zero-order chi connectivity index (χ0) is 19.7. The van der Waals surface area contributed by atoms with Crippen LogP contribution in [0.25, 0.3) is 0 Å². The van der Waals surface area contributed by atoms with E-state index >= 15 is 0 Å². The molecule has 1 aromatic carbocycles. The van der Waals surface area contributed by atoms with Crippen LogP contribution in [-0.2, 0) is 4.79 Å². The van der Waals surface area contributed by atoms with E-state index in [2.05, 4.69) is 5.10 Å². The van der Waals surface area contributed by atoms with Crippen molar-refractivity contribution in [3.05, 3.63) is 29.8 Å². The molecular formula is C19H23F3N2O3. The second-order valence-electron chi connectivity index (χ2n) is 7.22. The van der Waals surface area contributed by atoms with E-state index in [0.717, 1.165) is 37.7 Å². The number of ether oxygens (including phenoxy) is 1. The smallest absolute Gasteiger partial charge is 0.438 e. The first-order valence-corrected chi connectivity index (χ1v) is 9.10. The number of carbonyl (C=O) groups excluding carboxylic acids is 1. The van der Waals surface area contributed by atoms with Gasteiger partial charge in [0.1, 0.15) is 5.75 Å². The summed E-state index contributed by atoms with van der Waals surface area (Å²) in [5.74, 6) is -0.787. The molecule has 0 unspecified atom stereocenters. The van der Waals surface area contributed by atoms with Crippen molar-refractivity contribution in [2.24, 2.45) is 11.0 Å². The molecule has 8 heteroatoms. The van der Waals surface area contributed by atoms with Crippen LogP contribution in [0.2, 0.25) is 0 Å². The molecule has 0 saturated heterocycles. The molecule has 1 fully saturated rings. The minimum atomic E-state index is -5.01. The Balaban J connectivity index is 1.76. The summed E-state index contributed by atoms with van der Waals surface area (Å²) in [5.41, 5.74) is -2.08. The Bertz CT molecular complexity index is 712. The van der Waals surface area contributed by atoms with Crippen molar-refractivity contribution in [2.45, 2.75) is 57.3 Å². The maximum Gasteiger partial charge on any atom is 0.438 e. The summed E-state index contributed by atoms with van der Waals surface area (Å²) in [5, 5.41) is 14.4. The average molecular weight is 384 g/mol. The van der Waals surface area contributed by atoms with Crippen molar-refractivity contribution in [1.82, 2.24) is 5.01 Å². The fourth-order valence-corrected chi connectivity index (χ4v) is 3.56. The Labute approximate surface area is 155 Å². The van der Waals surface area contributed by atoms with Gasteiger partial charge in [0.25, 0.3) is 11.6 Å². The van der Waals surface area contributed by atoms with Crippen LogP contribution in [0.3, 0.4) is 0 Å². The van der Waals surface area contributed by atoms with E-state index in [9.17, 15) is 23.1 Å². The average Bonchev–Trinajstić information content (AvgIpc) is 3.01.